The van der Waals surface area contributed by atoms with Crippen LogP contribution in [0, 0.1) is 4.64 Å². The molecular formula is C13H20N4O3S2. The van der Waals surface area contributed by atoms with Gasteiger partial charge in [0.15, 0.2) is 5.82 Å². The second kappa shape index (κ2) is 8.14. The van der Waals surface area contributed by atoms with Gasteiger partial charge in [0.1, 0.15) is 10.3 Å². The van der Waals surface area contributed by atoms with E-state index in [1.54, 1.807) is 27.9 Å². The predicted molar refractivity (Wildman–Crippen MR) is 92.4 cm³/mol. The molecule has 1 aromatic rings. The van der Waals surface area contributed by atoms with Crippen LogP contribution in [0.15, 0.2) is 9.79 Å². The van der Waals surface area contributed by atoms with E-state index in [0.717, 1.165) is 0 Å². The normalized spacial score (nSPS) is 11.5. The van der Waals surface area contributed by atoms with Crippen LogP contribution in [0.2, 0.25) is 0 Å². The predicted octanol–water partition coefficient (Wildman–Crippen LogP) is 1.77. The minimum Gasteiger partial charge on any atom is -0.466 e. The molecule has 0 atom stereocenters. The maximum atomic E-state index is 12.0. The average molecular weight is 344 g/mol. The maximum Gasteiger partial charge on any atom is 0.330 e. The largest absolute Gasteiger partial charge is 0.466 e. The summed E-state index contributed by atoms with van der Waals surface area (Å²) in [6, 6.07) is 0. The van der Waals surface area contributed by atoms with Gasteiger partial charge < -0.3 is 10.5 Å². The molecule has 0 fully saturated rings. The highest BCUT2D eigenvalue weighted by atomic mass is 32.2. The molecule has 0 amide bonds. The molecule has 0 unspecified atom stereocenters. The Hall–Kier alpha value is -1.61. The third-order valence-electron chi connectivity index (χ3n) is 2.85. The van der Waals surface area contributed by atoms with Crippen molar-refractivity contribution < 1.29 is 9.53 Å². The summed E-state index contributed by atoms with van der Waals surface area (Å²) in [6.45, 7) is 3.93. The van der Waals surface area contributed by atoms with Gasteiger partial charge in [-0.1, -0.05) is 12.2 Å². The van der Waals surface area contributed by atoms with Crippen molar-refractivity contribution in [1.29, 1.82) is 0 Å². The lowest BCUT2D eigenvalue weighted by Crippen LogP contribution is -2.28. The number of thioether (sulfide) groups is 1. The SMILES string of the molecule is CCOC(=O)CCS/C(C)=N/c1c(N)c(=S)n(C)c(=O)n1C. The highest BCUT2D eigenvalue weighted by Gasteiger charge is 2.10. The first kappa shape index (κ1) is 18.4. The van der Waals surface area contributed by atoms with Crippen LogP contribution < -0.4 is 11.4 Å². The molecule has 2 N–H and O–H groups in total. The van der Waals surface area contributed by atoms with Crippen molar-refractivity contribution in [3.63, 3.8) is 0 Å². The molecule has 0 aromatic carbocycles. The summed E-state index contributed by atoms with van der Waals surface area (Å²) in [7, 11) is 3.15. The van der Waals surface area contributed by atoms with Crippen molar-refractivity contribution in [3.8, 4) is 0 Å². The molecule has 0 aliphatic carbocycles. The first-order valence-corrected chi connectivity index (χ1v) is 8.08. The van der Waals surface area contributed by atoms with Crippen molar-refractivity contribution in [2.75, 3.05) is 18.1 Å². The number of nitrogen functional groups attached to an aromatic ring is 1. The van der Waals surface area contributed by atoms with Gasteiger partial charge in [0.25, 0.3) is 0 Å². The monoisotopic (exact) mass is 344 g/mol. The summed E-state index contributed by atoms with van der Waals surface area (Å²) >= 11 is 6.52. The number of esters is 1. The Bertz CT molecular complexity index is 669. The standard InChI is InChI=1S/C13H20N4O3S2/c1-5-20-9(18)6-7-22-8(2)15-11-10(14)12(21)17(4)13(19)16(11)3/h5-7,14H2,1-4H3/b15-8+. The van der Waals surface area contributed by atoms with E-state index in [9.17, 15) is 9.59 Å². The molecule has 1 heterocycles. The summed E-state index contributed by atoms with van der Waals surface area (Å²) < 4.78 is 7.75. The van der Waals surface area contributed by atoms with Gasteiger partial charge in [0.2, 0.25) is 0 Å². The molecule has 122 valence electrons. The van der Waals surface area contributed by atoms with Crippen LogP contribution >= 0.6 is 24.0 Å². The molecule has 0 spiro atoms. The van der Waals surface area contributed by atoms with Crippen molar-refractivity contribution in [2.24, 2.45) is 19.1 Å². The number of carbonyl (C=O) groups is 1. The molecule has 0 bridgehead atoms. The average Bonchev–Trinajstić information content (AvgIpc) is 2.48. The molecule has 0 saturated carbocycles. The number of hydrogen-bond donors (Lipinski definition) is 1. The topological polar surface area (TPSA) is 91.6 Å². The number of ether oxygens (including phenoxy) is 1. The summed E-state index contributed by atoms with van der Waals surface area (Å²) in [6.07, 6.45) is 0.301. The molecule has 0 aliphatic rings. The molecule has 0 saturated heterocycles. The van der Waals surface area contributed by atoms with Crippen LogP contribution in [0.4, 0.5) is 11.5 Å². The lowest BCUT2D eigenvalue weighted by atomic mass is 10.4. The fourth-order valence-electron chi connectivity index (χ4n) is 1.69. The second-order valence-corrected chi connectivity index (χ2v) is 6.15. The van der Waals surface area contributed by atoms with E-state index in [-0.39, 0.29) is 22.0 Å². The van der Waals surface area contributed by atoms with Gasteiger partial charge in [0, 0.05) is 19.8 Å². The van der Waals surface area contributed by atoms with Crippen molar-refractivity contribution in [1.82, 2.24) is 9.13 Å². The van der Waals surface area contributed by atoms with Crippen LogP contribution in [0.1, 0.15) is 20.3 Å². The number of rotatable bonds is 5. The number of hydrogen-bond acceptors (Lipinski definition) is 7. The summed E-state index contributed by atoms with van der Waals surface area (Å²) in [5, 5.41) is 0.689. The van der Waals surface area contributed by atoms with E-state index in [1.165, 1.54) is 20.9 Å². The zero-order valence-corrected chi connectivity index (χ0v) is 14.7. The molecule has 0 radical (unpaired) electrons. The summed E-state index contributed by atoms with van der Waals surface area (Å²) in [5.41, 5.74) is 5.94. The number of nitrogens with two attached hydrogens (primary N) is 1. The fourth-order valence-corrected chi connectivity index (χ4v) is 2.58. The Morgan fingerprint density at radius 2 is 2.05 bits per heavy atom. The highest BCUT2D eigenvalue weighted by molar-refractivity contribution is 8.13. The number of aliphatic imine (C=N–C) groups is 1. The molecule has 22 heavy (non-hydrogen) atoms. The minimum absolute atomic E-state index is 0.241. The Labute approximate surface area is 138 Å². The van der Waals surface area contributed by atoms with Crippen molar-refractivity contribution in [3.05, 3.63) is 15.1 Å². The number of nitrogens with zero attached hydrogens (tertiary/aromatic N) is 3. The van der Waals surface area contributed by atoms with Crippen molar-refractivity contribution in [2.45, 2.75) is 20.3 Å². The lowest BCUT2D eigenvalue weighted by molar-refractivity contribution is -0.142. The summed E-state index contributed by atoms with van der Waals surface area (Å²) in [5.74, 6) is 0.632. The number of aromatic nitrogens is 2. The zero-order chi connectivity index (χ0) is 16.9. The van der Waals surface area contributed by atoms with Crippen LogP contribution in [0.3, 0.4) is 0 Å². The Kier molecular flexibility index (Phi) is 6.82. The fraction of sp³-hybridized carbons (Fsp3) is 0.538. The maximum absolute atomic E-state index is 12.0. The Morgan fingerprint density at radius 1 is 1.41 bits per heavy atom. The van der Waals surface area contributed by atoms with Crippen molar-refractivity contribution >= 4 is 46.5 Å². The molecule has 1 aromatic heterocycles. The zero-order valence-electron chi connectivity index (χ0n) is 13.1. The van der Waals surface area contributed by atoms with Crippen LogP contribution in [0.5, 0.6) is 0 Å². The Morgan fingerprint density at radius 3 is 2.64 bits per heavy atom. The van der Waals surface area contributed by atoms with Gasteiger partial charge in [-0.15, -0.1) is 11.8 Å². The summed E-state index contributed by atoms with van der Waals surface area (Å²) in [4.78, 5) is 27.6. The van der Waals surface area contributed by atoms with E-state index in [2.05, 4.69) is 4.99 Å². The van der Waals surface area contributed by atoms with E-state index < -0.39 is 0 Å². The van der Waals surface area contributed by atoms with Gasteiger partial charge in [-0.2, -0.15) is 0 Å². The first-order valence-electron chi connectivity index (χ1n) is 6.68. The van der Waals surface area contributed by atoms with E-state index in [1.807, 2.05) is 0 Å². The smallest absolute Gasteiger partial charge is 0.330 e. The van der Waals surface area contributed by atoms with E-state index in [4.69, 9.17) is 22.7 Å². The van der Waals surface area contributed by atoms with Gasteiger partial charge in [-0.25, -0.2) is 9.79 Å². The van der Waals surface area contributed by atoms with Gasteiger partial charge in [0.05, 0.1) is 18.1 Å². The van der Waals surface area contributed by atoms with Crippen LogP contribution in [-0.4, -0.2) is 32.5 Å². The molecular weight excluding hydrogens is 324 g/mol. The number of carbonyl (C=O) groups excluding carboxylic acids is 1. The molecule has 1 rings (SSSR count). The third kappa shape index (κ3) is 4.44. The van der Waals surface area contributed by atoms with Gasteiger partial charge in [-0.05, 0) is 13.8 Å². The second-order valence-electron chi connectivity index (χ2n) is 4.48. The Balaban J connectivity index is 2.92. The molecule has 9 heteroatoms. The molecule has 0 aliphatic heterocycles. The van der Waals surface area contributed by atoms with Gasteiger partial charge in [-0.3, -0.25) is 13.9 Å². The van der Waals surface area contributed by atoms with E-state index >= 15 is 0 Å². The van der Waals surface area contributed by atoms with Crippen LogP contribution in [-0.2, 0) is 23.6 Å². The van der Waals surface area contributed by atoms with E-state index in [0.29, 0.717) is 29.6 Å². The third-order valence-corrected chi connectivity index (χ3v) is 4.26. The van der Waals surface area contributed by atoms with Gasteiger partial charge >= 0.3 is 11.7 Å². The molecule has 7 nitrogen and oxygen atoms in total. The minimum atomic E-state index is -0.290. The number of anilines is 1. The lowest BCUT2D eigenvalue weighted by Gasteiger charge is -2.11. The highest BCUT2D eigenvalue weighted by Crippen LogP contribution is 2.22. The first-order chi connectivity index (χ1) is 10.3. The van der Waals surface area contributed by atoms with Crippen LogP contribution in [0.25, 0.3) is 0 Å². The quantitative estimate of drug-likeness (QED) is 0.379.